The van der Waals surface area contributed by atoms with E-state index in [4.69, 9.17) is 4.74 Å². The lowest BCUT2D eigenvalue weighted by molar-refractivity contribution is 0.340. The van der Waals surface area contributed by atoms with Gasteiger partial charge in [0.15, 0.2) is 0 Å². The van der Waals surface area contributed by atoms with E-state index in [2.05, 4.69) is 48.6 Å². The zero-order chi connectivity index (χ0) is 11.2. The summed E-state index contributed by atoms with van der Waals surface area (Å²) in [4.78, 5) is 0. The largest absolute Gasteiger partial charge is 0.494 e. The van der Waals surface area contributed by atoms with Gasteiger partial charge in [-0.1, -0.05) is 36.4 Å². The van der Waals surface area contributed by atoms with Gasteiger partial charge >= 0.3 is 0 Å². The van der Waals surface area contributed by atoms with Crippen LogP contribution in [0.1, 0.15) is 18.9 Å². The molecule has 16 heavy (non-hydrogen) atoms. The zero-order valence-corrected chi connectivity index (χ0v) is 9.73. The molecule has 0 saturated carbocycles. The average molecular weight is 214 g/mol. The van der Waals surface area contributed by atoms with Gasteiger partial charge in [-0.15, -0.1) is 0 Å². The molecule has 0 radical (unpaired) electrons. The molecule has 1 aromatic carbocycles. The summed E-state index contributed by atoms with van der Waals surface area (Å²) < 4.78 is 5.43. The van der Waals surface area contributed by atoms with Crippen molar-refractivity contribution in [2.45, 2.75) is 19.8 Å². The van der Waals surface area contributed by atoms with Crippen LogP contribution in [-0.2, 0) is 6.42 Å². The first-order chi connectivity index (χ1) is 7.88. The van der Waals surface area contributed by atoms with E-state index in [1.165, 1.54) is 5.56 Å². The summed E-state index contributed by atoms with van der Waals surface area (Å²) in [6, 6.07) is 8.44. The van der Waals surface area contributed by atoms with E-state index in [0.29, 0.717) is 5.92 Å². The predicted octanol–water partition coefficient (Wildman–Crippen LogP) is 3.76. The third-order valence-corrected chi connectivity index (χ3v) is 2.80. The van der Waals surface area contributed by atoms with Gasteiger partial charge in [-0.2, -0.15) is 0 Å². The highest BCUT2D eigenvalue weighted by Crippen LogP contribution is 2.19. The summed E-state index contributed by atoms with van der Waals surface area (Å²) in [5.41, 5.74) is 1.38. The van der Waals surface area contributed by atoms with Crippen molar-refractivity contribution in [1.82, 2.24) is 0 Å². The molecule has 0 N–H and O–H groups in total. The molecule has 0 aromatic heterocycles. The van der Waals surface area contributed by atoms with Crippen LogP contribution in [0.4, 0.5) is 0 Å². The van der Waals surface area contributed by atoms with E-state index in [1.807, 2.05) is 6.92 Å². The van der Waals surface area contributed by atoms with Crippen molar-refractivity contribution in [3.05, 3.63) is 54.1 Å². The van der Waals surface area contributed by atoms with Crippen LogP contribution < -0.4 is 4.74 Å². The lowest BCUT2D eigenvalue weighted by atomic mass is 9.93. The van der Waals surface area contributed by atoms with E-state index in [0.717, 1.165) is 25.2 Å². The Balaban J connectivity index is 1.94. The van der Waals surface area contributed by atoms with Crippen LogP contribution in [0.25, 0.3) is 0 Å². The third kappa shape index (κ3) is 2.99. The Morgan fingerprint density at radius 2 is 2.00 bits per heavy atom. The summed E-state index contributed by atoms with van der Waals surface area (Å²) in [6.45, 7) is 2.74. The molecule has 2 rings (SSSR count). The molecule has 1 atom stereocenters. The molecule has 0 bridgehead atoms. The molecule has 1 nitrogen and oxygen atoms in total. The first-order valence-electron chi connectivity index (χ1n) is 5.93. The minimum absolute atomic E-state index is 0.656. The Morgan fingerprint density at radius 3 is 2.62 bits per heavy atom. The van der Waals surface area contributed by atoms with Crippen LogP contribution in [0.5, 0.6) is 5.75 Å². The highest BCUT2D eigenvalue weighted by atomic mass is 16.5. The smallest absolute Gasteiger partial charge is 0.119 e. The molecule has 0 fully saturated rings. The van der Waals surface area contributed by atoms with Gasteiger partial charge in [0, 0.05) is 0 Å². The zero-order valence-electron chi connectivity index (χ0n) is 9.73. The first kappa shape index (κ1) is 11.0. The maximum atomic E-state index is 5.43. The van der Waals surface area contributed by atoms with E-state index in [-0.39, 0.29) is 0 Å². The summed E-state index contributed by atoms with van der Waals surface area (Å²) in [6.07, 6.45) is 11.1. The number of ether oxygens (including phenoxy) is 1. The Hall–Kier alpha value is -1.50. The maximum absolute atomic E-state index is 5.43. The standard InChI is InChI=1S/C15H18O/c1-2-16-15-10-8-14(9-11-15)12-13-6-4-3-5-7-13/h3-6,8-11,13H,2,7,12H2,1H3. The number of rotatable bonds is 4. The Labute approximate surface area is 97.4 Å². The summed E-state index contributed by atoms with van der Waals surface area (Å²) in [5.74, 6) is 1.62. The van der Waals surface area contributed by atoms with Gasteiger partial charge in [0.2, 0.25) is 0 Å². The molecular weight excluding hydrogens is 196 g/mol. The topological polar surface area (TPSA) is 9.23 Å². The molecule has 0 amide bonds. The first-order valence-corrected chi connectivity index (χ1v) is 5.93. The molecule has 1 unspecified atom stereocenters. The number of hydrogen-bond donors (Lipinski definition) is 0. The van der Waals surface area contributed by atoms with Crippen molar-refractivity contribution in [2.75, 3.05) is 6.61 Å². The maximum Gasteiger partial charge on any atom is 0.119 e. The van der Waals surface area contributed by atoms with E-state index < -0.39 is 0 Å². The summed E-state index contributed by atoms with van der Waals surface area (Å²) in [5, 5.41) is 0. The van der Waals surface area contributed by atoms with Gasteiger partial charge in [-0.05, 0) is 43.4 Å². The monoisotopic (exact) mass is 214 g/mol. The molecule has 0 spiro atoms. The second-order valence-corrected chi connectivity index (χ2v) is 4.09. The lowest BCUT2D eigenvalue weighted by Crippen LogP contribution is -2.02. The second-order valence-electron chi connectivity index (χ2n) is 4.09. The SMILES string of the molecule is CCOc1ccc(CC2C=CC=CC2)cc1. The van der Waals surface area contributed by atoms with Gasteiger partial charge < -0.3 is 4.74 Å². The minimum atomic E-state index is 0.656. The second kappa shape index (κ2) is 5.55. The van der Waals surface area contributed by atoms with Gasteiger partial charge in [0.05, 0.1) is 6.61 Å². The molecule has 1 aromatic rings. The molecule has 1 heteroatoms. The van der Waals surface area contributed by atoms with E-state index >= 15 is 0 Å². The van der Waals surface area contributed by atoms with Crippen LogP contribution in [-0.4, -0.2) is 6.61 Å². The van der Waals surface area contributed by atoms with E-state index in [1.54, 1.807) is 0 Å². The molecule has 0 aliphatic heterocycles. The molecule has 1 aliphatic rings. The van der Waals surface area contributed by atoms with Crippen molar-refractivity contribution in [2.24, 2.45) is 5.92 Å². The number of benzene rings is 1. The molecule has 0 saturated heterocycles. The van der Waals surface area contributed by atoms with Crippen LogP contribution in [0.15, 0.2) is 48.6 Å². The van der Waals surface area contributed by atoms with Crippen LogP contribution in [0.3, 0.4) is 0 Å². The fraction of sp³-hybridized carbons (Fsp3) is 0.333. The third-order valence-electron chi connectivity index (χ3n) is 2.80. The molecule has 0 heterocycles. The summed E-state index contributed by atoms with van der Waals surface area (Å²) >= 11 is 0. The van der Waals surface area contributed by atoms with Gasteiger partial charge in [-0.3, -0.25) is 0 Å². The van der Waals surface area contributed by atoms with Crippen LogP contribution in [0.2, 0.25) is 0 Å². The normalized spacial score (nSPS) is 18.7. The predicted molar refractivity (Wildman–Crippen MR) is 67.7 cm³/mol. The van der Waals surface area contributed by atoms with Crippen molar-refractivity contribution in [3.63, 3.8) is 0 Å². The van der Waals surface area contributed by atoms with Crippen LogP contribution >= 0.6 is 0 Å². The highest BCUT2D eigenvalue weighted by Gasteiger charge is 2.06. The van der Waals surface area contributed by atoms with Gasteiger partial charge in [0.25, 0.3) is 0 Å². The number of allylic oxidation sites excluding steroid dienone is 4. The Morgan fingerprint density at radius 1 is 1.19 bits per heavy atom. The number of hydrogen-bond acceptors (Lipinski definition) is 1. The Kier molecular flexibility index (Phi) is 3.81. The fourth-order valence-electron chi connectivity index (χ4n) is 1.97. The quantitative estimate of drug-likeness (QED) is 0.741. The van der Waals surface area contributed by atoms with Gasteiger partial charge in [0.1, 0.15) is 5.75 Å². The lowest BCUT2D eigenvalue weighted by Gasteiger charge is -2.13. The molecule has 84 valence electrons. The van der Waals surface area contributed by atoms with Crippen LogP contribution in [0, 0.1) is 5.92 Å². The van der Waals surface area contributed by atoms with Crippen molar-refractivity contribution in [1.29, 1.82) is 0 Å². The molecule has 1 aliphatic carbocycles. The summed E-state index contributed by atoms with van der Waals surface area (Å²) in [7, 11) is 0. The fourth-order valence-corrected chi connectivity index (χ4v) is 1.97. The highest BCUT2D eigenvalue weighted by molar-refractivity contribution is 5.28. The molecular formula is C15H18O. The van der Waals surface area contributed by atoms with E-state index in [9.17, 15) is 0 Å². The Bertz CT molecular complexity index is 373. The van der Waals surface area contributed by atoms with Crippen molar-refractivity contribution >= 4 is 0 Å². The van der Waals surface area contributed by atoms with Crippen molar-refractivity contribution < 1.29 is 4.74 Å². The van der Waals surface area contributed by atoms with Crippen molar-refractivity contribution in [3.8, 4) is 5.75 Å². The van der Waals surface area contributed by atoms with Gasteiger partial charge in [-0.25, -0.2) is 0 Å². The minimum Gasteiger partial charge on any atom is -0.494 e. The average Bonchev–Trinajstić information content (AvgIpc) is 2.33.